The van der Waals surface area contributed by atoms with Crippen LogP contribution in [-0.2, 0) is 4.79 Å². The van der Waals surface area contributed by atoms with Gasteiger partial charge < -0.3 is 9.47 Å². The fraction of sp³-hybridized carbons (Fsp3) is 0.500. The van der Waals surface area contributed by atoms with Gasteiger partial charge in [0, 0.05) is 54.7 Å². The Bertz CT molecular complexity index is 892. The number of piperazine rings is 1. The SMILES string of the molecule is CCC(CC)C(=O)N1CCN(CC(=O)c2cc(C)n(-c3ccc(F)cc3)c2C)CC1. The van der Waals surface area contributed by atoms with Gasteiger partial charge in [-0.3, -0.25) is 14.5 Å². The van der Waals surface area contributed by atoms with Crippen LogP contribution in [-0.4, -0.2) is 58.8 Å². The average Bonchev–Trinajstić information content (AvgIpc) is 3.04. The number of Topliss-reactive ketones (excluding diaryl/α,β-unsaturated/α-hetero) is 1. The number of nitrogens with zero attached hydrogens (tertiary/aromatic N) is 3. The van der Waals surface area contributed by atoms with E-state index in [1.165, 1.54) is 12.1 Å². The lowest BCUT2D eigenvalue weighted by molar-refractivity contribution is -0.137. The summed E-state index contributed by atoms with van der Waals surface area (Å²) in [6.45, 7) is 11.1. The Hall–Kier alpha value is -2.47. The number of hydrogen-bond acceptors (Lipinski definition) is 3. The summed E-state index contributed by atoms with van der Waals surface area (Å²) in [5, 5.41) is 0. The number of halogens is 1. The Balaban J connectivity index is 1.64. The van der Waals surface area contributed by atoms with Crippen molar-refractivity contribution in [3.05, 3.63) is 53.1 Å². The van der Waals surface area contributed by atoms with Gasteiger partial charge in [0.05, 0.1) is 6.54 Å². The smallest absolute Gasteiger partial charge is 0.225 e. The lowest BCUT2D eigenvalue weighted by Crippen LogP contribution is -2.51. The molecule has 1 aromatic heterocycles. The van der Waals surface area contributed by atoms with Crippen molar-refractivity contribution < 1.29 is 14.0 Å². The van der Waals surface area contributed by atoms with Crippen molar-refractivity contribution in [1.82, 2.24) is 14.4 Å². The van der Waals surface area contributed by atoms with Gasteiger partial charge in [0.2, 0.25) is 5.91 Å². The van der Waals surface area contributed by atoms with E-state index in [1.54, 1.807) is 12.1 Å². The number of aromatic nitrogens is 1. The molecule has 1 saturated heterocycles. The van der Waals surface area contributed by atoms with E-state index in [0.29, 0.717) is 38.3 Å². The zero-order valence-corrected chi connectivity index (χ0v) is 18.4. The molecule has 6 heteroatoms. The molecule has 0 bridgehead atoms. The number of aryl methyl sites for hydroxylation is 1. The van der Waals surface area contributed by atoms with Crippen LogP contribution in [0.2, 0.25) is 0 Å². The molecule has 1 aliphatic heterocycles. The topological polar surface area (TPSA) is 45.6 Å². The third-order valence-corrected chi connectivity index (χ3v) is 6.20. The normalized spacial score (nSPS) is 15.1. The third-order valence-electron chi connectivity index (χ3n) is 6.20. The Kier molecular flexibility index (Phi) is 7.08. The summed E-state index contributed by atoms with van der Waals surface area (Å²) in [6, 6.07) is 8.21. The van der Waals surface area contributed by atoms with Crippen molar-refractivity contribution in [1.29, 1.82) is 0 Å². The summed E-state index contributed by atoms with van der Waals surface area (Å²) in [7, 11) is 0. The van der Waals surface area contributed by atoms with Crippen LogP contribution >= 0.6 is 0 Å². The van der Waals surface area contributed by atoms with E-state index in [4.69, 9.17) is 0 Å². The van der Waals surface area contributed by atoms with Gasteiger partial charge in [0.15, 0.2) is 5.78 Å². The molecule has 2 aromatic rings. The van der Waals surface area contributed by atoms with Crippen molar-refractivity contribution in [3.63, 3.8) is 0 Å². The Morgan fingerprint density at radius 2 is 1.60 bits per heavy atom. The predicted octanol–water partition coefficient (Wildman–Crippen LogP) is 4.00. The predicted molar refractivity (Wildman–Crippen MR) is 117 cm³/mol. The lowest BCUT2D eigenvalue weighted by Gasteiger charge is -2.36. The first-order valence-electron chi connectivity index (χ1n) is 10.8. The fourth-order valence-corrected chi connectivity index (χ4v) is 4.34. The molecule has 3 rings (SSSR count). The van der Waals surface area contributed by atoms with Gasteiger partial charge >= 0.3 is 0 Å². The zero-order chi connectivity index (χ0) is 21.8. The van der Waals surface area contributed by atoms with Crippen LogP contribution in [0.4, 0.5) is 4.39 Å². The molecule has 2 heterocycles. The van der Waals surface area contributed by atoms with E-state index in [1.807, 2.05) is 29.4 Å². The maximum atomic E-state index is 13.3. The van der Waals surface area contributed by atoms with Gasteiger partial charge in [-0.25, -0.2) is 4.39 Å². The molecule has 1 amide bonds. The maximum absolute atomic E-state index is 13.3. The number of carbonyl (C=O) groups is 2. The standard InChI is InChI=1S/C24H32FN3O2/c1-5-19(6-2)24(30)27-13-11-26(12-14-27)16-23(29)22-15-17(3)28(18(22)4)21-9-7-20(25)8-10-21/h7-10,15,19H,5-6,11-14,16H2,1-4H3. The molecular weight excluding hydrogens is 381 g/mol. The summed E-state index contributed by atoms with van der Waals surface area (Å²) in [6.07, 6.45) is 1.75. The van der Waals surface area contributed by atoms with Crippen LogP contribution in [0, 0.1) is 25.6 Å². The summed E-state index contributed by atoms with van der Waals surface area (Å²) in [4.78, 5) is 29.6. The molecule has 0 unspecified atom stereocenters. The minimum atomic E-state index is -0.278. The first kappa shape index (κ1) is 22.2. The van der Waals surface area contributed by atoms with Gasteiger partial charge in [-0.15, -0.1) is 0 Å². The second-order valence-electron chi connectivity index (χ2n) is 8.13. The largest absolute Gasteiger partial charge is 0.340 e. The van der Waals surface area contributed by atoms with E-state index in [9.17, 15) is 14.0 Å². The van der Waals surface area contributed by atoms with Crippen LogP contribution < -0.4 is 0 Å². The first-order chi connectivity index (χ1) is 14.3. The number of amides is 1. The summed E-state index contributed by atoms with van der Waals surface area (Å²) in [5.41, 5.74) is 3.36. The summed E-state index contributed by atoms with van der Waals surface area (Å²) in [5.74, 6) is 0.152. The van der Waals surface area contributed by atoms with Crippen molar-refractivity contribution >= 4 is 11.7 Å². The molecule has 5 nitrogen and oxygen atoms in total. The van der Waals surface area contributed by atoms with E-state index in [0.717, 1.165) is 29.9 Å². The van der Waals surface area contributed by atoms with Crippen molar-refractivity contribution in [2.45, 2.75) is 40.5 Å². The van der Waals surface area contributed by atoms with Crippen LogP contribution in [0.5, 0.6) is 0 Å². The van der Waals surface area contributed by atoms with E-state index in [2.05, 4.69) is 18.7 Å². The first-order valence-corrected chi connectivity index (χ1v) is 10.8. The number of ketones is 1. The van der Waals surface area contributed by atoms with Gasteiger partial charge in [0.25, 0.3) is 0 Å². The van der Waals surface area contributed by atoms with Crippen LogP contribution in [0.25, 0.3) is 5.69 Å². The van der Waals surface area contributed by atoms with E-state index < -0.39 is 0 Å². The van der Waals surface area contributed by atoms with Gasteiger partial charge in [-0.1, -0.05) is 13.8 Å². The van der Waals surface area contributed by atoms with Crippen LogP contribution in [0.3, 0.4) is 0 Å². The van der Waals surface area contributed by atoms with Gasteiger partial charge in [0.1, 0.15) is 5.82 Å². The number of carbonyl (C=O) groups excluding carboxylic acids is 2. The zero-order valence-electron chi connectivity index (χ0n) is 18.4. The van der Waals surface area contributed by atoms with Gasteiger partial charge in [-0.2, -0.15) is 0 Å². The second kappa shape index (κ2) is 9.56. The Labute approximate surface area is 178 Å². The van der Waals surface area contributed by atoms with E-state index in [-0.39, 0.29) is 23.4 Å². The van der Waals surface area contributed by atoms with Crippen LogP contribution in [0.15, 0.2) is 30.3 Å². The minimum absolute atomic E-state index is 0.0798. The summed E-state index contributed by atoms with van der Waals surface area (Å²) >= 11 is 0. The monoisotopic (exact) mass is 413 g/mol. The molecular formula is C24H32FN3O2. The third kappa shape index (κ3) is 4.64. The average molecular weight is 414 g/mol. The number of benzene rings is 1. The molecule has 30 heavy (non-hydrogen) atoms. The molecule has 0 N–H and O–H groups in total. The molecule has 0 spiro atoms. The lowest BCUT2D eigenvalue weighted by atomic mass is 10.0. The van der Waals surface area contributed by atoms with Gasteiger partial charge in [-0.05, 0) is 57.0 Å². The summed E-state index contributed by atoms with van der Waals surface area (Å²) < 4.78 is 15.3. The van der Waals surface area contributed by atoms with Crippen LogP contribution in [0.1, 0.15) is 48.4 Å². The van der Waals surface area contributed by atoms with Crippen molar-refractivity contribution in [3.8, 4) is 5.69 Å². The molecule has 162 valence electrons. The number of hydrogen-bond donors (Lipinski definition) is 0. The maximum Gasteiger partial charge on any atom is 0.225 e. The highest BCUT2D eigenvalue weighted by Gasteiger charge is 2.27. The highest BCUT2D eigenvalue weighted by Crippen LogP contribution is 2.22. The van der Waals surface area contributed by atoms with E-state index >= 15 is 0 Å². The highest BCUT2D eigenvalue weighted by molar-refractivity contribution is 5.99. The molecule has 1 fully saturated rings. The molecule has 1 aliphatic rings. The quantitative estimate of drug-likeness (QED) is 0.645. The molecule has 0 aliphatic carbocycles. The molecule has 0 radical (unpaired) electrons. The number of rotatable bonds is 7. The highest BCUT2D eigenvalue weighted by atomic mass is 19.1. The Morgan fingerprint density at radius 1 is 1.00 bits per heavy atom. The van der Waals surface area contributed by atoms with Crippen molar-refractivity contribution in [2.24, 2.45) is 5.92 Å². The second-order valence-corrected chi connectivity index (χ2v) is 8.13. The molecule has 1 aromatic carbocycles. The molecule has 0 atom stereocenters. The Morgan fingerprint density at radius 3 is 2.17 bits per heavy atom. The minimum Gasteiger partial charge on any atom is -0.340 e. The molecule has 0 saturated carbocycles. The fourth-order valence-electron chi connectivity index (χ4n) is 4.34. The van der Waals surface area contributed by atoms with Crippen molar-refractivity contribution in [2.75, 3.05) is 32.7 Å².